The Labute approximate surface area is 103 Å². The summed E-state index contributed by atoms with van der Waals surface area (Å²) in [6.07, 6.45) is 0. The van der Waals surface area contributed by atoms with Crippen molar-refractivity contribution in [2.75, 3.05) is 25.1 Å². The van der Waals surface area contributed by atoms with Gasteiger partial charge in [-0.1, -0.05) is 15.9 Å². The quantitative estimate of drug-likeness (QED) is 0.865. The van der Waals surface area contributed by atoms with Crippen LogP contribution in [-0.4, -0.2) is 30.6 Å². The molecule has 0 spiro atoms. The molecular formula is C11H14BrN2O2+. The van der Waals surface area contributed by atoms with Crippen molar-refractivity contribution >= 4 is 27.3 Å². The summed E-state index contributed by atoms with van der Waals surface area (Å²) in [5, 5.41) is 3.30. The van der Waals surface area contributed by atoms with Crippen LogP contribution < -0.4 is 5.32 Å². The van der Waals surface area contributed by atoms with Gasteiger partial charge in [-0.3, -0.25) is 0 Å². The minimum atomic E-state index is 0.324. The summed E-state index contributed by atoms with van der Waals surface area (Å²) >= 11 is 3.37. The van der Waals surface area contributed by atoms with Crippen molar-refractivity contribution in [1.29, 1.82) is 0 Å². The third kappa shape index (κ3) is 2.41. The maximum Gasteiger partial charge on any atom is 0.279 e. The van der Waals surface area contributed by atoms with Gasteiger partial charge in [-0.15, -0.1) is 0 Å². The number of hydrogen-bond acceptors (Lipinski definition) is 3. The molecule has 0 bridgehead atoms. The lowest BCUT2D eigenvalue weighted by Crippen LogP contribution is -2.40. The van der Waals surface area contributed by atoms with E-state index in [2.05, 4.69) is 21.2 Å². The fourth-order valence-corrected chi connectivity index (χ4v) is 1.89. The number of nitrogens with one attached hydrogen (secondary N) is 1. The Morgan fingerprint density at radius 3 is 2.88 bits per heavy atom. The number of halogens is 1. The lowest BCUT2D eigenvalue weighted by molar-refractivity contribution is -0.457. The number of nitroso groups, excluding NO2 is 1. The van der Waals surface area contributed by atoms with Gasteiger partial charge in [-0.25, -0.2) is 0 Å². The van der Waals surface area contributed by atoms with E-state index in [1.165, 1.54) is 0 Å². The van der Waals surface area contributed by atoms with Gasteiger partial charge in [0.1, 0.15) is 5.69 Å². The molecule has 1 aliphatic heterocycles. The van der Waals surface area contributed by atoms with Crippen LogP contribution >= 0.6 is 15.9 Å². The molecule has 86 valence electrons. The second kappa shape index (κ2) is 4.93. The largest absolute Gasteiger partial charge is 0.377 e. The average molecular weight is 286 g/mol. The van der Waals surface area contributed by atoms with Crippen molar-refractivity contribution < 1.29 is 9.50 Å². The summed E-state index contributed by atoms with van der Waals surface area (Å²) < 4.78 is 6.98. The monoisotopic (exact) mass is 285 g/mol. The Bertz CT molecular complexity index is 405. The standard InChI is InChI=1S/C11H14BrN2O2/c1-2-14(15)11-5-8(12)3-4-10(11)13-9-6-16-7-9/h3-5,9,13H,2,6-7H2,1H3/q+1. The Hall–Kier alpha value is -0.940. The highest BCUT2D eigenvalue weighted by atomic mass is 79.9. The van der Waals surface area contributed by atoms with Gasteiger partial charge in [-0.2, -0.15) is 0 Å². The second-order valence-corrected chi connectivity index (χ2v) is 4.65. The number of rotatable bonds is 4. The van der Waals surface area contributed by atoms with Crippen molar-refractivity contribution in [3.63, 3.8) is 0 Å². The van der Waals surface area contributed by atoms with Gasteiger partial charge >= 0.3 is 0 Å². The van der Waals surface area contributed by atoms with E-state index in [0.29, 0.717) is 31.5 Å². The summed E-state index contributed by atoms with van der Waals surface area (Å²) in [5.41, 5.74) is 1.54. The minimum absolute atomic E-state index is 0.324. The molecule has 0 saturated carbocycles. The predicted octanol–water partition coefficient (Wildman–Crippen LogP) is 2.69. The maximum atomic E-state index is 11.7. The Morgan fingerprint density at radius 1 is 1.56 bits per heavy atom. The summed E-state index contributed by atoms with van der Waals surface area (Å²) in [6.45, 7) is 3.69. The Balaban J connectivity index is 2.23. The van der Waals surface area contributed by atoms with Crippen LogP contribution in [0.2, 0.25) is 0 Å². The molecule has 1 aromatic carbocycles. The molecule has 1 fully saturated rings. The van der Waals surface area contributed by atoms with Crippen molar-refractivity contribution in [1.82, 2.24) is 0 Å². The van der Waals surface area contributed by atoms with E-state index in [9.17, 15) is 4.91 Å². The van der Waals surface area contributed by atoms with E-state index in [1.54, 1.807) is 0 Å². The zero-order chi connectivity index (χ0) is 11.5. The molecule has 0 aliphatic carbocycles. The predicted molar refractivity (Wildman–Crippen MR) is 66.2 cm³/mol. The number of hydrogen-bond donors (Lipinski definition) is 1. The first-order valence-corrected chi connectivity index (χ1v) is 6.08. The third-order valence-corrected chi connectivity index (χ3v) is 3.01. The van der Waals surface area contributed by atoms with Gasteiger partial charge in [0.25, 0.3) is 5.69 Å². The lowest BCUT2D eigenvalue weighted by atomic mass is 10.2. The molecule has 1 aliphatic rings. The van der Waals surface area contributed by atoms with Gasteiger partial charge in [0.05, 0.1) is 19.3 Å². The van der Waals surface area contributed by atoms with Gasteiger partial charge in [0.2, 0.25) is 0 Å². The van der Waals surface area contributed by atoms with E-state index >= 15 is 0 Å². The van der Waals surface area contributed by atoms with Crippen molar-refractivity contribution in [2.24, 2.45) is 0 Å². The molecule has 0 radical (unpaired) electrons. The molecule has 0 amide bonds. The highest BCUT2D eigenvalue weighted by Crippen LogP contribution is 2.29. The molecule has 1 saturated heterocycles. The van der Waals surface area contributed by atoms with E-state index in [0.717, 1.165) is 14.9 Å². The van der Waals surface area contributed by atoms with Crippen molar-refractivity contribution in [3.05, 3.63) is 27.6 Å². The minimum Gasteiger partial charge on any atom is -0.377 e. The molecule has 4 nitrogen and oxygen atoms in total. The molecule has 5 heteroatoms. The van der Waals surface area contributed by atoms with Gasteiger partial charge < -0.3 is 10.1 Å². The van der Waals surface area contributed by atoms with Crippen LogP contribution in [0.1, 0.15) is 6.92 Å². The highest BCUT2D eigenvalue weighted by Gasteiger charge is 2.23. The van der Waals surface area contributed by atoms with E-state index in [4.69, 9.17) is 4.74 Å². The van der Waals surface area contributed by atoms with Crippen LogP contribution in [0.5, 0.6) is 0 Å². The first kappa shape index (κ1) is 11.5. The number of benzene rings is 1. The molecule has 1 aromatic rings. The topological polar surface area (TPSA) is 41.3 Å². The number of ether oxygens (including phenoxy) is 1. The van der Waals surface area contributed by atoms with Crippen LogP contribution in [0, 0.1) is 4.91 Å². The molecule has 1 heterocycles. The molecule has 2 rings (SSSR count). The van der Waals surface area contributed by atoms with Crippen molar-refractivity contribution in [3.8, 4) is 0 Å². The molecule has 16 heavy (non-hydrogen) atoms. The summed E-state index contributed by atoms with van der Waals surface area (Å²) in [7, 11) is 0. The summed E-state index contributed by atoms with van der Waals surface area (Å²) in [5.74, 6) is 0. The third-order valence-electron chi connectivity index (χ3n) is 2.51. The van der Waals surface area contributed by atoms with Crippen LogP contribution in [0.3, 0.4) is 0 Å². The molecule has 0 atom stereocenters. The first-order valence-electron chi connectivity index (χ1n) is 5.29. The van der Waals surface area contributed by atoms with Gasteiger partial charge in [-0.05, 0) is 19.1 Å². The van der Waals surface area contributed by atoms with E-state index in [1.807, 2.05) is 25.1 Å². The highest BCUT2D eigenvalue weighted by molar-refractivity contribution is 9.10. The van der Waals surface area contributed by atoms with E-state index in [-0.39, 0.29) is 0 Å². The number of nitrogens with zero attached hydrogens (tertiary/aromatic N) is 1. The average Bonchev–Trinajstić information content (AvgIpc) is 2.23. The fraction of sp³-hybridized carbons (Fsp3) is 0.455. The zero-order valence-electron chi connectivity index (χ0n) is 9.07. The SMILES string of the molecule is CC[N+](=O)c1cc(Br)ccc1NC1COC1. The van der Waals surface area contributed by atoms with Gasteiger partial charge in [0.15, 0.2) is 6.54 Å². The lowest BCUT2D eigenvalue weighted by Gasteiger charge is -2.27. The number of anilines is 1. The Morgan fingerprint density at radius 2 is 2.31 bits per heavy atom. The normalized spacial score (nSPS) is 15.6. The first-order chi connectivity index (χ1) is 7.70. The summed E-state index contributed by atoms with van der Waals surface area (Å²) in [6, 6.07) is 6.00. The van der Waals surface area contributed by atoms with Crippen LogP contribution in [0.25, 0.3) is 0 Å². The smallest absolute Gasteiger partial charge is 0.279 e. The molecule has 0 unspecified atom stereocenters. The van der Waals surface area contributed by atoms with Gasteiger partial charge in [0, 0.05) is 20.2 Å². The second-order valence-electron chi connectivity index (χ2n) is 3.73. The molecule has 1 N–H and O–H groups in total. The maximum absolute atomic E-state index is 11.7. The van der Waals surface area contributed by atoms with Crippen LogP contribution in [-0.2, 0) is 4.74 Å². The van der Waals surface area contributed by atoms with Crippen LogP contribution in [0.4, 0.5) is 11.4 Å². The van der Waals surface area contributed by atoms with E-state index < -0.39 is 0 Å². The Kier molecular flexibility index (Phi) is 3.56. The van der Waals surface area contributed by atoms with Crippen LogP contribution in [0.15, 0.2) is 22.7 Å². The molecule has 0 aromatic heterocycles. The molecular weight excluding hydrogens is 272 g/mol. The summed E-state index contributed by atoms with van der Waals surface area (Å²) in [4.78, 5) is 11.7. The fourth-order valence-electron chi connectivity index (χ4n) is 1.54. The zero-order valence-corrected chi connectivity index (χ0v) is 10.7. The van der Waals surface area contributed by atoms with Crippen molar-refractivity contribution in [2.45, 2.75) is 13.0 Å².